The van der Waals surface area contributed by atoms with Gasteiger partial charge in [0.15, 0.2) is 0 Å². The highest BCUT2D eigenvalue weighted by Gasteiger charge is 2.23. The summed E-state index contributed by atoms with van der Waals surface area (Å²) in [5.41, 5.74) is 2.84. The van der Waals surface area contributed by atoms with E-state index in [1.54, 1.807) is 0 Å². The predicted molar refractivity (Wildman–Crippen MR) is 88.5 cm³/mol. The smallest absolute Gasteiger partial charge is 0.232 e. The van der Waals surface area contributed by atoms with Crippen LogP contribution in [0.25, 0.3) is 0 Å². The van der Waals surface area contributed by atoms with E-state index >= 15 is 0 Å². The number of anilines is 1. The average Bonchev–Trinajstić information content (AvgIpc) is 3.20. The molecule has 0 aromatic heterocycles. The van der Waals surface area contributed by atoms with E-state index in [2.05, 4.69) is 5.32 Å². The van der Waals surface area contributed by atoms with Gasteiger partial charge in [0.1, 0.15) is 0 Å². The molecule has 1 N–H and O–H groups in total. The van der Waals surface area contributed by atoms with Gasteiger partial charge >= 0.3 is 0 Å². The van der Waals surface area contributed by atoms with Crippen LogP contribution < -0.4 is 9.62 Å². The summed E-state index contributed by atoms with van der Waals surface area (Å²) < 4.78 is 25.4. The van der Waals surface area contributed by atoms with Gasteiger partial charge in [-0.1, -0.05) is 6.07 Å². The van der Waals surface area contributed by atoms with Gasteiger partial charge in [-0.25, -0.2) is 8.42 Å². The maximum Gasteiger partial charge on any atom is 0.232 e. The number of sulfonamides is 1. The minimum absolute atomic E-state index is 0.0102. The maximum absolute atomic E-state index is 12.0. The van der Waals surface area contributed by atoms with Crippen molar-refractivity contribution in [1.82, 2.24) is 5.32 Å². The molecule has 0 atom stereocenters. The fourth-order valence-electron chi connectivity index (χ4n) is 2.28. The summed E-state index contributed by atoms with van der Waals surface area (Å²) in [6.07, 6.45) is 4.19. The maximum atomic E-state index is 12.0. The topological polar surface area (TPSA) is 66.5 Å². The molecular weight excluding hydrogens is 300 g/mol. The van der Waals surface area contributed by atoms with Crippen molar-refractivity contribution in [2.45, 2.75) is 45.6 Å². The molecule has 1 amide bonds. The summed E-state index contributed by atoms with van der Waals surface area (Å²) in [6, 6.07) is 5.95. The van der Waals surface area contributed by atoms with Crippen molar-refractivity contribution in [2.75, 3.05) is 17.1 Å². The molecule has 1 aromatic rings. The van der Waals surface area contributed by atoms with Crippen LogP contribution >= 0.6 is 0 Å². The number of benzene rings is 1. The van der Waals surface area contributed by atoms with Gasteiger partial charge in [-0.15, -0.1) is 0 Å². The molecular formula is C16H24N2O3S. The second kappa shape index (κ2) is 6.69. The number of aryl methyl sites for hydroxylation is 2. The molecule has 1 aliphatic carbocycles. The van der Waals surface area contributed by atoms with Crippen LogP contribution in [-0.4, -0.2) is 33.2 Å². The molecule has 1 aliphatic rings. The molecule has 0 bridgehead atoms. The first kappa shape index (κ1) is 16.8. The number of carbonyl (C=O) groups excluding carboxylic acids is 1. The van der Waals surface area contributed by atoms with Crippen molar-refractivity contribution in [3.63, 3.8) is 0 Å². The van der Waals surface area contributed by atoms with E-state index in [0.717, 1.165) is 24.0 Å². The minimum Gasteiger partial charge on any atom is -0.353 e. The van der Waals surface area contributed by atoms with Gasteiger partial charge in [-0.3, -0.25) is 9.10 Å². The van der Waals surface area contributed by atoms with Crippen LogP contribution in [0.4, 0.5) is 5.69 Å². The van der Waals surface area contributed by atoms with Gasteiger partial charge in [-0.05, 0) is 56.4 Å². The molecule has 0 saturated heterocycles. The number of hydrogen-bond donors (Lipinski definition) is 1. The summed E-state index contributed by atoms with van der Waals surface area (Å²) in [5.74, 6) is 0.0102. The van der Waals surface area contributed by atoms with Crippen molar-refractivity contribution in [3.8, 4) is 0 Å². The van der Waals surface area contributed by atoms with Crippen molar-refractivity contribution in [2.24, 2.45) is 0 Å². The Kier molecular flexibility index (Phi) is 5.11. The minimum atomic E-state index is -3.35. The highest BCUT2D eigenvalue weighted by Crippen LogP contribution is 2.22. The first-order chi connectivity index (χ1) is 10.3. The van der Waals surface area contributed by atoms with E-state index in [9.17, 15) is 13.2 Å². The van der Waals surface area contributed by atoms with E-state index in [-0.39, 0.29) is 5.91 Å². The first-order valence-electron chi connectivity index (χ1n) is 7.61. The second-order valence-corrected chi connectivity index (χ2v) is 7.96. The summed E-state index contributed by atoms with van der Waals surface area (Å²) in [4.78, 5) is 11.7. The predicted octanol–water partition coefficient (Wildman–Crippen LogP) is 2.13. The van der Waals surface area contributed by atoms with Crippen LogP contribution in [0.3, 0.4) is 0 Å². The molecule has 0 heterocycles. The van der Waals surface area contributed by atoms with Gasteiger partial charge in [-0.2, -0.15) is 0 Å². The third-order valence-corrected chi connectivity index (χ3v) is 5.08. The lowest BCUT2D eigenvalue weighted by Crippen LogP contribution is -2.32. The summed E-state index contributed by atoms with van der Waals surface area (Å²) in [5, 5.41) is 2.92. The van der Waals surface area contributed by atoms with Crippen LogP contribution in [0.5, 0.6) is 0 Å². The number of nitrogens with zero attached hydrogens (tertiary/aromatic N) is 1. The van der Waals surface area contributed by atoms with Gasteiger partial charge in [0.25, 0.3) is 0 Å². The molecule has 0 aliphatic heterocycles. The molecule has 5 nitrogen and oxygen atoms in total. The second-order valence-electron chi connectivity index (χ2n) is 6.05. The lowest BCUT2D eigenvalue weighted by atomic mass is 10.1. The molecule has 0 radical (unpaired) electrons. The van der Waals surface area contributed by atoms with Gasteiger partial charge < -0.3 is 5.32 Å². The van der Waals surface area contributed by atoms with E-state index in [1.807, 2.05) is 32.0 Å². The Balaban J connectivity index is 2.00. The Morgan fingerprint density at radius 2 is 1.95 bits per heavy atom. The van der Waals surface area contributed by atoms with Crippen molar-refractivity contribution in [1.29, 1.82) is 0 Å². The van der Waals surface area contributed by atoms with E-state index < -0.39 is 10.0 Å². The van der Waals surface area contributed by atoms with E-state index in [1.165, 1.54) is 10.6 Å². The van der Waals surface area contributed by atoms with E-state index in [4.69, 9.17) is 0 Å². The van der Waals surface area contributed by atoms with E-state index in [0.29, 0.717) is 31.1 Å². The molecule has 122 valence electrons. The van der Waals surface area contributed by atoms with Crippen LogP contribution in [0, 0.1) is 13.8 Å². The Bertz CT molecular complexity index is 651. The Labute approximate surface area is 132 Å². The number of hydrogen-bond acceptors (Lipinski definition) is 3. The lowest BCUT2D eigenvalue weighted by Gasteiger charge is -2.23. The Morgan fingerprint density at radius 1 is 1.27 bits per heavy atom. The van der Waals surface area contributed by atoms with Crippen molar-refractivity contribution in [3.05, 3.63) is 29.3 Å². The van der Waals surface area contributed by atoms with Crippen LogP contribution in [0.1, 0.15) is 36.8 Å². The van der Waals surface area contributed by atoms with Gasteiger partial charge in [0.05, 0.1) is 11.9 Å². The molecule has 1 saturated carbocycles. The fourth-order valence-corrected chi connectivity index (χ4v) is 3.24. The first-order valence-corrected chi connectivity index (χ1v) is 9.46. The highest BCUT2D eigenvalue weighted by atomic mass is 32.2. The molecule has 6 heteroatoms. The van der Waals surface area contributed by atoms with Crippen LogP contribution in [-0.2, 0) is 14.8 Å². The normalized spacial score (nSPS) is 14.7. The van der Waals surface area contributed by atoms with Crippen LogP contribution in [0.2, 0.25) is 0 Å². The number of carbonyl (C=O) groups is 1. The zero-order valence-electron chi connectivity index (χ0n) is 13.4. The largest absolute Gasteiger partial charge is 0.353 e. The monoisotopic (exact) mass is 324 g/mol. The Hall–Kier alpha value is -1.56. The average molecular weight is 324 g/mol. The third-order valence-electron chi connectivity index (χ3n) is 3.89. The lowest BCUT2D eigenvalue weighted by molar-refractivity contribution is -0.121. The molecule has 22 heavy (non-hydrogen) atoms. The van der Waals surface area contributed by atoms with Gasteiger partial charge in [0.2, 0.25) is 15.9 Å². The standard InChI is InChI=1S/C16H24N2O3S/c1-12-6-9-15(11-13(12)2)18(22(3,20)21)10-4-5-16(19)17-14-7-8-14/h6,9,11,14H,4-5,7-8,10H2,1-3H3,(H,17,19). The zero-order chi connectivity index (χ0) is 16.3. The number of rotatable bonds is 7. The Morgan fingerprint density at radius 3 is 2.50 bits per heavy atom. The highest BCUT2D eigenvalue weighted by molar-refractivity contribution is 7.92. The summed E-state index contributed by atoms with van der Waals surface area (Å²) >= 11 is 0. The van der Waals surface area contributed by atoms with Crippen LogP contribution in [0.15, 0.2) is 18.2 Å². The molecule has 1 fully saturated rings. The summed E-state index contributed by atoms with van der Waals surface area (Å²) in [6.45, 7) is 4.27. The quantitative estimate of drug-likeness (QED) is 0.835. The molecule has 2 rings (SSSR count). The number of nitrogens with one attached hydrogen (secondary N) is 1. The fraction of sp³-hybridized carbons (Fsp3) is 0.562. The molecule has 1 aromatic carbocycles. The molecule has 0 unspecified atom stereocenters. The third kappa shape index (κ3) is 4.73. The summed E-state index contributed by atoms with van der Waals surface area (Å²) in [7, 11) is -3.35. The zero-order valence-corrected chi connectivity index (χ0v) is 14.2. The molecule has 0 spiro atoms. The van der Waals surface area contributed by atoms with Gasteiger partial charge in [0, 0.05) is 19.0 Å². The van der Waals surface area contributed by atoms with Crippen molar-refractivity contribution >= 4 is 21.6 Å². The SMILES string of the molecule is Cc1ccc(N(CCCC(=O)NC2CC2)S(C)(=O)=O)cc1C. The number of amides is 1. The van der Waals surface area contributed by atoms with Crippen molar-refractivity contribution < 1.29 is 13.2 Å².